The second kappa shape index (κ2) is 5.85. The molecule has 0 saturated heterocycles. The lowest BCUT2D eigenvalue weighted by Gasteiger charge is -1.92. The van der Waals surface area contributed by atoms with E-state index in [0.29, 0.717) is 6.42 Å². The van der Waals surface area contributed by atoms with E-state index in [4.69, 9.17) is 5.11 Å². The quantitative estimate of drug-likeness (QED) is 0.374. The Labute approximate surface area is 65.7 Å². The van der Waals surface area contributed by atoms with Crippen molar-refractivity contribution in [3.8, 4) is 0 Å². The van der Waals surface area contributed by atoms with Gasteiger partial charge in [0.05, 0.1) is 4.92 Å². The monoisotopic (exact) mass is 159 g/mol. The van der Waals surface area contributed by atoms with Crippen LogP contribution in [0, 0.1) is 10.1 Å². The first kappa shape index (κ1) is 10.1. The molecule has 0 rings (SSSR count). The molecule has 0 fully saturated rings. The summed E-state index contributed by atoms with van der Waals surface area (Å²) in [5.74, 6) is 0. The topological polar surface area (TPSA) is 63.4 Å². The van der Waals surface area contributed by atoms with Crippen molar-refractivity contribution in [2.75, 3.05) is 6.61 Å². The Morgan fingerprint density at radius 3 is 2.73 bits per heavy atom. The molecule has 0 bridgehead atoms. The molecule has 0 aromatic heterocycles. The molecule has 0 spiro atoms. The van der Waals surface area contributed by atoms with Gasteiger partial charge >= 0.3 is 0 Å². The zero-order valence-corrected chi connectivity index (χ0v) is 6.62. The molecule has 4 heteroatoms. The van der Waals surface area contributed by atoms with E-state index in [0.717, 1.165) is 12.8 Å². The third kappa shape index (κ3) is 4.50. The number of aliphatic hydroxyl groups excluding tert-OH is 1. The summed E-state index contributed by atoms with van der Waals surface area (Å²) in [7, 11) is 0. The van der Waals surface area contributed by atoms with Gasteiger partial charge in [0, 0.05) is 0 Å². The Balaban J connectivity index is 3.81. The van der Waals surface area contributed by atoms with E-state index in [-0.39, 0.29) is 5.70 Å². The first-order valence-corrected chi connectivity index (χ1v) is 3.66. The van der Waals surface area contributed by atoms with Crippen molar-refractivity contribution >= 4 is 0 Å². The Kier molecular flexibility index (Phi) is 5.37. The molecule has 0 amide bonds. The molecular formula is C7H13NO3. The van der Waals surface area contributed by atoms with E-state index in [1.165, 1.54) is 6.08 Å². The molecule has 0 radical (unpaired) electrons. The second-order valence-corrected chi connectivity index (χ2v) is 2.25. The minimum absolute atomic E-state index is 0.0987. The van der Waals surface area contributed by atoms with Crippen LogP contribution in [-0.4, -0.2) is 16.6 Å². The molecule has 4 nitrogen and oxygen atoms in total. The van der Waals surface area contributed by atoms with Crippen LogP contribution in [0.2, 0.25) is 0 Å². The van der Waals surface area contributed by atoms with E-state index < -0.39 is 11.5 Å². The second-order valence-electron chi connectivity index (χ2n) is 2.25. The van der Waals surface area contributed by atoms with Gasteiger partial charge in [0.2, 0.25) is 0 Å². The van der Waals surface area contributed by atoms with Crippen molar-refractivity contribution in [1.82, 2.24) is 0 Å². The number of unbranched alkanes of at least 4 members (excludes halogenated alkanes) is 2. The fraction of sp³-hybridized carbons (Fsp3) is 0.714. The molecule has 0 atom stereocenters. The molecule has 0 unspecified atom stereocenters. The minimum atomic E-state index is -0.546. The van der Waals surface area contributed by atoms with Gasteiger partial charge in [0.25, 0.3) is 5.70 Å². The van der Waals surface area contributed by atoms with Crippen molar-refractivity contribution in [3.05, 3.63) is 21.9 Å². The SMILES string of the molecule is CCCC/C=C(/CO)[N+](=O)[O-]. The fourth-order valence-electron chi connectivity index (χ4n) is 0.670. The van der Waals surface area contributed by atoms with Crippen LogP contribution in [-0.2, 0) is 0 Å². The highest BCUT2D eigenvalue weighted by Crippen LogP contribution is 2.00. The molecule has 1 N–H and O–H groups in total. The molecule has 0 aromatic rings. The molecule has 0 saturated carbocycles. The van der Waals surface area contributed by atoms with Gasteiger partial charge in [-0.3, -0.25) is 10.1 Å². The van der Waals surface area contributed by atoms with E-state index in [9.17, 15) is 10.1 Å². The van der Waals surface area contributed by atoms with Gasteiger partial charge in [-0.25, -0.2) is 0 Å². The molecule has 0 aliphatic heterocycles. The van der Waals surface area contributed by atoms with Crippen molar-refractivity contribution in [2.45, 2.75) is 26.2 Å². The zero-order valence-electron chi connectivity index (χ0n) is 6.62. The Morgan fingerprint density at radius 1 is 1.73 bits per heavy atom. The molecule has 0 aliphatic carbocycles. The van der Waals surface area contributed by atoms with Crippen molar-refractivity contribution in [2.24, 2.45) is 0 Å². The van der Waals surface area contributed by atoms with E-state index >= 15 is 0 Å². The summed E-state index contributed by atoms with van der Waals surface area (Å²) in [6.07, 6.45) is 4.08. The number of rotatable bonds is 5. The van der Waals surface area contributed by atoms with Gasteiger partial charge in [-0.15, -0.1) is 0 Å². The predicted octanol–water partition coefficient (Wildman–Crippen LogP) is 1.33. The number of hydrogen-bond acceptors (Lipinski definition) is 3. The first-order chi connectivity index (χ1) is 5.22. The van der Waals surface area contributed by atoms with Gasteiger partial charge < -0.3 is 5.11 Å². The van der Waals surface area contributed by atoms with E-state index in [1.807, 2.05) is 6.92 Å². The van der Waals surface area contributed by atoms with Crippen LogP contribution in [0.1, 0.15) is 26.2 Å². The van der Waals surface area contributed by atoms with Gasteiger partial charge in [-0.1, -0.05) is 13.3 Å². The van der Waals surface area contributed by atoms with Crippen LogP contribution < -0.4 is 0 Å². The van der Waals surface area contributed by atoms with Crippen LogP contribution in [0.25, 0.3) is 0 Å². The lowest BCUT2D eigenvalue weighted by molar-refractivity contribution is -0.430. The zero-order chi connectivity index (χ0) is 8.69. The van der Waals surface area contributed by atoms with Crippen molar-refractivity contribution in [3.63, 3.8) is 0 Å². The number of nitrogens with zero attached hydrogens (tertiary/aromatic N) is 1. The fourth-order valence-corrected chi connectivity index (χ4v) is 0.670. The summed E-state index contributed by atoms with van der Waals surface area (Å²) in [5, 5.41) is 18.6. The standard InChI is InChI=1S/C7H13NO3/c1-2-3-4-5-7(6-9)8(10)11/h5,9H,2-4,6H2,1H3/b7-5-. The average Bonchev–Trinajstić information content (AvgIpc) is 1.97. The number of aliphatic hydroxyl groups is 1. The third-order valence-electron chi connectivity index (χ3n) is 1.33. The highest BCUT2D eigenvalue weighted by atomic mass is 16.6. The molecule has 0 heterocycles. The third-order valence-corrected chi connectivity index (χ3v) is 1.33. The predicted molar refractivity (Wildman–Crippen MR) is 41.7 cm³/mol. The first-order valence-electron chi connectivity index (χ1n) is 3.66. The molecule has 0 aromatic carbocycles. The summed E-state index contributed by atoms with van der Waals surface area (Å²) < 4.78 is 0. The van der Waals surface area contributed by atoms with Gasteiger partial charge in [0.15, 0.2) is 0 Å². The van der Waals surface area contributed by atoms with E-state index in [1.54, 1.807) is 0 Å². The highest BCUT2D eigenvalue weighted by molar-refractivity contribution is 4.90. The molecule has 0 aliphatic rings. The lowest BCUT2D eigenvalue weighted by Crippen LogP contribution is -2.02. The van der Waals surface area contributed by atoms with Crippen LogP contribution in [0.15, 0.2) is 11.8 Å². The van der Waals surface area contributed by atoms with Gasteiger partial charge in [-0.05, 0) is 18.9 Å². The Hall–Kier alpha value is -0.900. The van der Waals surface area contributed by atoms with Crippen molar-refractivity contribution in [1.29, 1.82) is 0 Å². The maximum Gasteiger partial charge on any atom is 0.267 e. The molecule has 11 heavy (non-hydrogen) atoms. The normalized spacial score (nSPS) is 11.6. The van der Waals surface area contributed by atoms with Crippen LogP contribution >= 0.6 is 0 Å². The summed E-state index contributed by atoms with van der Waals surface area (Å²) in [5.41, 5.74) is -0.0987. The maximum atomic E-state index is 10.1. The van der Waals surface area contributed by atoms with Crippen LogP contribution in [0.5, 0.6) is 0 Å². The lowest BCUT2D eigenvalue weighted by atomic mass is 10.2. The number of hydrogen-bond donors (Lipinski definition) is 1. The summed E-state index contributed by atoms with van der Waals surface area (Å²) in [6, 6.07) is 0. The summed E-state index contributed by atoms with van der Waals surface area (Å²) in [4.78, 5) is 9.56. The maximum absolute atomic E-state index is 10.1. The molecule has 64 valence electrons. The minimum Gasteiger partial charge on any atom is -0.385 e. The number of allylic oxidation sites excluding steroid dienone is 1. The Bertz CT molecular complexity index is 154. The van der Waals surface area contributed by atoms with Crippen LogP contribution in [0.4, 0.5) is 0 Å². The van der Waals surface area contributed by atoms with Crippen LogP contribution in [0.3, 0.4) is 0 Å². The smallest absolute Gasteiger partial charge is 0.267 e. The largest absolute Gasteiger partial charge is 0.385 e. The molecular weight excluding hydrogens is 146 g/mol. The van der Waals surface area contributed by atoms with Crippen molar-refractivity contribution < 1.29 is 10.0 Å². The van der Waals surface area contributed by atoms with Gasteiger partial charge in [-0.2, -0.15) is 0 Å². The Morgan fingerprint density at radius 2 is 2.36 bits per heavy atom. The summed E-state index contributed by atoms with van der Waals surface area (Å²) in [6.45, 7) is 1.54. The van der Waals surface area contributed by atoms with Gasteiger partial charge in [0.1, 0.15) is 6.61 Å². The number of nitro groups is 1. The highest BCUT2D eigenvalue weighted by Gasteiger charge is 2.05. The summed E-state index contributed by atoms with van der Waals surface area (Å²) >= 11 is 0. The average molecular weight is 159 g/mol. The van der Waals surface area contributed by atoms with E-state index in [2.05, 4.69) is 0 Å².